The van der Waals surface area contributed by atoms with Crippen LogP contribution < -0.4 is 59.1 Å². The van der Waals surface area contributed by atoms with Gasteiger partial charge in [-0.2, -0.15) is 0 Å². The van der Waals surface area contributed by atoms with E-state index < -0.39 is 24.6 Å². The van der Waals surface area contributed by atoms with Crippen molar-refractivity contribution in [3.63, 3.8) is 0 Å². The maximum Gasteiger partial charge on any atom is 1.00 e. The molecule has 5 nitrogen and oxygen atoms in total. The van der Waals surface area contributed by atoms with Gasteiger partial charge in [0, 0.05) is 11.5 Å². The monoisotopic (exact) mass is 278 g/mol. The molecule has 0 saturated carbocycles. The van der Waals surface area contributed by atoms with E-state index in [1.165, 1.54) is 0 Å². The molecule has 0 aliphatic carbocycles. The first-order valence-electron chi connectivity index (χ1n) is 3.08. The molecule has 0 aliphatic rings. The molecule has 0 N–H and O–H groups in total. The maximum atomic E-state index is 10.3. The molecule has 0 saturated heterocycles. The zero-order chi connectivity index (χ0) is 9.83. The van der Waals surface area contributed by atoms with Gasteiger partial charge in [-0.25, -0.2) is 8.42 Å². The van der Waals surface area contributed by atoms with Crippen molar-refractivity contribution in [2.75, 3.05) is 11.5 Å². The van der Waals surface area contributed by atoms with Crippen LogP contribution in [0.15, 0.2) is 0 Å². The van der Waals surface area contributed by atoms with Crippen LogP contribution in [0.3, 0.4) is 0 Å². The molecule has 74 valence electrons. The maximum absolute atomic E-state index is 10.3. The number of hydrogen-bond donors (Lipinski definition) is 0. The minimum atomic E-state index is -4.22. The first-order valence-corrected chi connectivity index (χ1v) is 7.23. The van der Waals surface area contributed by atoms with E-state index in [2.05, 4.69) is 11.2 Å². The second kappa shape index (κ2) is 9.29. The van der Waals surface area contributed by atoms with Crippen molar-refractivity contribution >= 4 is 30.1 Å². The van der Waals surface area contributed by atoms with Crippen LogP contribution in [0.25, 0.3) is 0 Å². The van der Waals surface area contributed by atoms with E-state index in [0.717, 1.165) is 0 Å². The van der Waals surface area contributed by atoms with Gasteiger partial charge in [-0.3, -0.25) is 4.21 Å². The summed E-state index contributed by atoms with van der Waals surface area (Å²) in [4.78, 5) is 0. The largest absolute Gasteiger partial charge is 1.00 e. The fourth-order valence-electron chi connectivity index (χ4n) is 0.558. The second-order valence-electron chi connectivity index (χ2n) is 2.23. The minimum absolute atomic E-state index is 0. The smallest absolute Gasteiger partial charge is 0.769 e. The number of rotatable bonds is 5. The number of hydrogen-bond acceptors (Lipinski definition) is 6. The minimum Gasteiger partial charge on any atom is -0.769 e. The number of unbranched alkanes of at least 4 members (excludes halogenated alkanes) is 1. The summed E-state index contributed by atoms with van der Waals surface area (Å²) in [5.74, 6) is -0.782. The van der Waals surface area contributed by atoms with Crippen LogP contribution >= 0.6 is 0 Å². The third kappa shape index (κ3) is 19.8. The predicted octanol–water partition coefficient (Wildman–Crippen LogP) is -6.80. The zero-order valence-corrected chi connectivity index (χ0v) is 14.5. The third-order valence-electron chi connectivity index (χ3n) is 1.04. The van der Waals surface area contributed by atoms with Crippen LogP contribution in [0.5, 0.6) is 0 Å². The van der Waals surface area contributed by atoms with Crippen LogP contribution in [0, 0.1) is 0 Å². The zero-order valence-electron chi connectivity index (χ0n) is 8.09. The molecule has 0 aromatic carbocycles. The van der Waals surface area contributed by atoms with Gasteiger partial charge >= 0.3 is 59.1 Å². The Morgan fingerprint density at radius 3 is 1.57 bits per heavy atom. The molecule has 1 atom stereocenters. The van der Waals surface area contributed by atoms with E-state index in [0.29, 0.717) is 0 Å². The van der Waals surface area contributed by atoms with Crippen molar-refractivity contribution < 1.29 is 80.8 Å². The standard InChI is InChI=1S/C4H10O5S3.2Na/c5-11(6,7)3-1-2-4-12(8,9)10;;/h1-4H2,(H,5,6,7)(H,8,9,10);;/q;2*+1/p-2. The molecule has 0 fully saturated rings. The molecule has 0 amide bonds. The van der Waals surface area contributed by atoms with Gasteiger partial charge in [0.1, 0.15) is 0 Å². The molecule has 10 heteroatoms. The molecule has 0 aromatic rings. The van der Waals surface area contributed by atoms with E-state index in [1.54, 1.807) is 0 Å². The van der Waals surface area contributed by atoms with Crippen molar-refractivity contribution in [3.8, 4) is 0 Å². The van der Waals surface area contributed by atoms with Gasteiger partial charge < -0.3 is 9.11 Å². The molecule has 0 aliphatic heterocycles. The molecule has 0 spiro atoms. The summed E-state index contributed by atoms with van der Waals surface area (Å²) in [7, 11) is -7.68. The summed E-state index contributed by atoms with van der Waals surface area (Å²) in [6, 6.07) is 0. The van der Waals surface area contributed by atoms with Crippen LogP contribution in [0.4, 0.5) is 0 Å². The van der Waals surface area contributed by atoms with Gasteiger partial charge in [-0.1, -0.05) is 0 Å². The molecule has 14 heavy (non-hydrogen) atoms. The topological polar surface area (TPSA) is 97.3 Å². The fourth-order valence-corrected chi connectivity index (χ4v) is 2.03. The summed E-state index contributed by atoms with van der Waals surface area (Å²) >= 11 is 4.04. The van der Waals surface area contributed by atoms with Gasteiger partial charge in [0.25, 0.3) is 0 Å². The Balaban J connectivity index is -0.000000605. The first kappa shape index (κ1) is 21.5. The second-order valence-corrected chi connectivity index (χ2v) is 6.80. The summed E-state index contributed by atoms with van der Waals surface area (Å²) in [6.45, 7) is 0. The van der Waals surface area contributed by atoms with E-state index >= 15 is 0 Å². The quantitative estimate of drug-likeness (QED) is 0.282. The van der Waals surface area contributed by atoms with E-state index in [1.807, 2.05) is 0 Å². The van der Waals surface area contributed by atoms with Crippen LogP contribution in [-0.4, -0.2) is 33.2 Å². The van der Waals surface area contributed by atoms with Crippen molar-refractivity contribution in [2.45, 2.75) is 12.8 Å². The van der Waals surface area contributed by atoms with E-state index in [4.69, 9.17) is 0 Å². The van der Waals surface area contributed by atoms with Gasteiger partial charge in [-0.05, 0) is 32.8 Å². The predicted molar refractivity (Wildman–Crippen MR) is 45.0 cm³/mol. The van der Waals surface area contributed by atoms with Crippen molar-refractivity contribution in [2.24, 2.45) is 0 Å². The molecule has 0 bridgehead atoms. The van der Waals surface area contributed by atoms with Crippen molar-refractivity contribution in [1.29, 1.82) is 0 Å². The van der Waals surface area contributed by atoms with Gasteiger partial charge in [0.15, 0.2) is 0 Å². The summed E-state index contributed by atoms with van der Waals surface area (Å²) in [6.07, 6.45) is 0.162. The average molecular weight is 278 g/mol. The Labute approximate surface area is 133 Å². The fraction of sp³-hybridized carbons (Fsp3) is 1.00. The molecule has 0 aromatic heterocycles. The third-order valence-corrected chi connectivity index (χ3v) is 3.12. The summed E-state index contributed by atoms with van der Waals surface area (Å²) in [5, 5.41) is 0. The van der Waals surface area contributed by atoms with Gasteiger partial charge in [0.2, 0.25) is 0 Å². The van der Waals surface area contributed by atoms with Crippen LogP contribution in [-0.2, 0) is 30.1 Å². The van der Waals surface area contributed by atoms with E-state index in [-0.39, 0.29) is 77.7 Å². The Morgan fingerprint density at radius 1 is 0.929 bits per heavy atom. The van der Waals surface area contributed by atoms with Gasteiger partial charge in [-0.15, -0.1) is 0 Å². The molecular formula is C4H8Na2O5S3. The Kier molecular flexibility index (Phi) is 14.3. The Morgan fingerprint density at radius 2 is 1.29 bits per heavy atom. The van der Waals surface area contributed by atoms with Crippen molar-refractivity contribution in [1.82, 2.24) is 0 Å². The first-order chi connectivity index (χ1) is 5.21. The molecule has 0 heterocycles. The van der Waals surface area contributed by atoms with E-state index in [9.17, 15) is 21.7 Å². The SMILES string of the molecule is O=S(=O)([O-])CCCCS(=O)([O-])=S.[Na+].[Na+]. The average Bonchev–Trinajstić information content (AvgIpc) is 1.76. The molecule has 0 rings (SSSR count). The Bertz CT molecular complexity index is 287. The van der Waals surface area contributed by atoms with Gasteiger partial charge in [0.05, 0.1) is 10.1 Å². The van der Waals surface area contributed by atoms with Crippen LogP contribution in [0.1, 0.15) is 12.8 Å². The molecule has 1 unspecified atom stereocenters. The Hall–Kier alpha value is 2.24. The summed E-state index contributed by atoms with van der Waals surface area (Å²) < 4.78 is 50.8. The molecular weight excluding hydrogens is 270 g/mol. The van der Waals surface area contributed by atoms with Crippen molar-refractivity contribution in [3.05, 3.63) is 0 Å². The molecule has 0 radical (unpaired) electrons. The van der Waals surface area contributed by atoms with Crippen LogP contribution in [0.2, 0.25) is 0 Å². The normalized spacial score (nSPS) is 14.7. The summed E-state index contributed by atoms with van der Waals surface area (Å²) in [5.41, 5.74) is 0.